The Morgan fingerprint density at radius 2 is 2.27 bits per heavy atom. The van der Waals surface area contributed by atoms with Crippen LogP contribution in [0, 0.1) is 0 Å². The summed E-state index contributed by atoms with van der Waals surface area (Å²) in [6, 6.07) is 6.62. The normalized spacial score (nSPS) is 21.6. The lowest BCUT2D eigenvalue weighted by atomic mass is 9.98. The SMILES string of the molecule is Clc1ccc(Br)c(CC2CCCCN2)c1. The average molecular weight is 289 g/mol. The summed E-state index contributed by atoms with van der Waals surface area (Å²) >= 11 is 9.56. The predicted molar refractivity (Wildman–Crippen MR) is 68.5 cm³/mol. The highest BCUT2D eigenvalue weighted by atomic mass is 79.9. The van der Waals surface area contributed by atoms with Gasteiger partial charge in [0.25, 0.3) is 0 Å². The van der Waals surface area contributed by atoms with Crippen molar-refractivity contribution >= 4 is 27.5 Å². The van der Waals surface area contributed by atoms with E-state index in [9.17, 15) is 0 Å². The molecule has 3 heteroatoms. The summed E-state index contributed by atoms with van der Waals surface area (Å²) in [6.45, 7) is 1.16. The van der Waals surface area contributed by atoms with E-state index in [0.29, 0.717) is 6.04 Å². The Morgan fingerprint density at radius 3 is 3.00 bits per heavy atom. The van der Waals surface area contributed by atoms with Crippen LogP contribution in [0.15, 0.2) is 22.7 Å². The molecule has 1 saturated heterocycles. The van der Waals surface area contributed by atoms with E-state index in [1.807, 2.05) is 12.1 Å². The van der Waals surface area contributed by atoms with E-state index in [-0.39, 0.29) is 0 Å². The van der Waals surface area contributed by atoms with Crippen molar-refractivity contribution in [1.29, 1.82) is 0 Å². The van der Waals surface area contributed by atoms with Gasteiger partial charge in [0.2, 0.25) is 0 Å². The van der Waals surface area contributed by atoms with Crippen LogP contribution in [0.4, 0.5) is 0 Å². The van der Waals surface area contributed by atoms with E-state index in [1.54, 1.807) is 0 Å². The Kier molecular flexibility index (Phi) is 4.06. The van der Waals surface area contributed by atoms with Crippen LogP contribution < -0.4 is 5.32 Å². The van der Waals surface area contributed by atoms with Gasteiger partial charge in [0.05, 0.1) is 0 Å². The second-order valence-corrected chi connectivity index (χ2v) is 5.38. The van der Waals surface area contributed by atoms with Gasteiger partial charge in [-0.15, -0.1) is 0 Å². The Hall–Kier alpha value is -0.0500. The van der Waals surface area contributed by atoms with E-state index in [0.717, 1.165) is 18.0 Å². The molecule has 0 spiro atoms. The lowest BCUT2D eigenvalue weighted by molar-refractivity contribution is 0.399. The maximum atomic E-state index is 5.99. The van der Waals surface area contributed by atoms with Crippen molar-refractivity contribution in [3.8, 4) is 0 Å². The molecule has 1 unspecified atom stereocenters. The van der Waals surface area contributed by atoms with Gasteiger partial charge < -0.3 is 5.32 Å². The first kappa shape index (κ1) is 11.4. The largest absolute Gasteiger partial charge is 0.314 e. The lowest BCUT2D eigenvalue weighted by Gasteiger charge is -2.23. The summed E-state index contributed by atoms with van der Waals surface area (Å²) in [5, 5.41) is 4.37. The minimum atomic E-state index is 0.619. The molecule has 0 bridgehead atoms. The van der Waals surface area contributed by atoms with Gasteiger partial charge >= 0.3 is 0 Å². The van der Waals surface area contributed by atoms with Crippen LogP contribution in [0.2, 0.25) is 5.02 Å². The van der Waals surface area contributed by atoms with Gasteiger partial charge in [-0.05, 0) is 49.6 Å². The molecule has 1 atom stereocenters. The molecule has 0 amide bonds. The smallest absolute Gasteiger partial charge is 0.0409 e. The van der Waals surface area contributed by atoms with Crippen LogP contribution >= 0.6 is 27.5 Å². The molecule has 0 saturated carbocycles. The van der Waals surface area contributed by atoms with Gasteiger partial charge in [-0.1, -0.05) is 34.0 Å². The van der Waals surface area contributed by atoms with Gasteiger partial charge in [0, 0.05) is 15.5 Å². The zero-order chi connectivity index (χ0) is 10.7. The molecule has 0 radical (unpaired) electrons. The summed E-state index contributed by atoms with van der Waals surface area (Å²) in [4.78, 5) is 0. The fourth-order valence-electron chi connectivity index (χ4n) is 2.06. The van der Waals surface area contributed by atoms with E-state index in [4.69, 9.17) is 11.6 Å². The number of nitrogens with one attached hydrogen (secondary N) is 1. The molecule has 1 N–H and O–H groups in total. The van der Waals surface area contributed by atoms with Crippen molar-refractivity contribution < 1.29 is 0 Å². The Labute approximate surface area is 104 Å². The van der Waals surface area contributed by atoms with Gasteiger partial charge in [-0.3, -0.25) is 0 Å². The molecule has 1 aromatic rings. The average Bonchev–Trinajstić information content (AvgIpc) is 2.25. The van der Waals surface area contributed by atoms with Crippen LogP contribution in [0.1, 0.15) is 24.8 Å². The highest BCUT2D eigenvalue weighted by Crippen LogP contribution is 2.24. The lowest BCUT2D eigenvalue weighted by Crippen LogP contribution is -2.35. The highest BCUT2D eigenvalue weighted by molar-refractivity contribution is 9.10. The maximum absolute atomic E-state index is 5.99. The minimum absolute atomic E-state index is 0.619. The second kappa shape index (κ2) is 5.33. The molecule has 2 rings (SSSR count). The van der Waals surface area contributed by atoms with Gasteiger partial charge in [0.1, 0.15) is 0 Å². The van der Waals surface area contributed by atoms with Crippen LogP contribution in [0.5, 0.6) is 0 Å². The molecule has 82 valence electrons. The van der Waals surface area contributed by atoms with Gasteiger partial charge in [0.15, 0.2) is 0 Å². The molecular weight excluding hydrogens is 273 g/mol. The van der Waals surface area contributed by atoms with Gasteiger partial charge in [-0.2, -0.15) is 0 Å². The summed E-state index contributed by atoms with van der Waals surface area (Å²) < 4.78 is 1.17. The molecular formula is C12H15BrClN. The third kappa shape index (κ3) is 3.20. The Morgan fingerprint density at radius 1 is 1.40 bits per heavy atom. The molecule has 1 fully saturated rings. The quantitative estimate of drug-likeness (QED) is 0.873. The first-order valence-corrected chi connectivity index (χ1v) is 6.60. The van der Waals surface area contributed by atoms with E-state index < -0.39 is 0 Å². The van der Waals surface area contributed by atoms with Crippen molar-refractivity contribution in [3.63, 3.8) is 0 Å². The molecule has 0 aliphatic carbocycles. The summed E-state index contributed by atoms with van der Waals surface area (Å²) in [5.41, 5.74) is 1.31. The predicted octanol–water partition coefficient (Wildman–Crippen LogP) is 3.79. The number of halogens is 2. The number of benzene rings is 1. The van der Waals surface area contributed by atoms with Crippen LogP contribution in [-0.4, -0.2) is 12.6 Å². The molecule has 1 aromatic carbocycles. The first-order chi connectivity index (χ1) is 7.25. The summed E-state index contributed by atoms with van der Waals surface area (Å²) in [5.74, 6) is 0. The van der Waals surface area contributed by atoms with Crippen molar-refractivity contribution in [3.05, 3.63) is 33.3 Å². The molecule has 15 heavy (non-hydrogen) atoms. The molecule has 1 heterocycles. The van der Waals surface area contributed by atoms with Crippen molar-refractivity contribution in [2.24, 2.45) is 0 Å². The minimum Gasteiger partial charge on any atom is -0.314 e. The summed E-state index contributed by atoms with van der Waals surface area (Å²) in [7, 11) is 0. The fraction of sp³-hybridized carbons (Fsp3) is 0.500. The third-order valence-corrected chi connectivity index (χ3v) is 3.90. The van der Waals surface area contributed by atoms with Crippen LogP contribution in [0.3, 0.4) is 0 Å². The van der Waals surface area contributed by atoms with Crippen LogP contribution in [-0.2, 0) is 6.42 Å². The zero-order valence-corrected chi connectivity index (χ0v) is 10.9. The zero-order valence-electron chi connectivity index (χ0n) is 8.60. The number of hydrogen-bond acceptors (Lipinski definition) is 1. The van der Waals surface area contributed by atoms with Crippen LogP contribution in [0.25, 0.3) is 0 Å². The number of piperidine rings is 1. The topological polar surface area (TPSA) is 12.0 Å². The highest BCUT2D eigenvalue weighted by Gasteiger charge is 2.14. The fourth-order valence-corrected chi connectivity index (χ4v) is 2.67. The Bertz CT molecular complexity index is 334. The van der Waals surface area contributed by atoms with Crippen molar-refractivity contribution in [1.82, 2.24) is 5.32 Å². The maximum Gasteiger partial charge on any atom is 0.0409 e. The number of hydrogen-bond donors (Lipinski definition) is 1. The summed E-state index contributed by atoms with van der Waals surface area (Å²) in [6.07, 6.45) is 5.00. The van der Waals surface area contributed by atoms with Gasteiger partial charge in [-0.25, -0.2) is 0 Å². The van der Waals surface area contributed by atoms with Crippen molar-refractivity contribution in [2.45, 2.75) is 31.7 Å². The third-order valence-electron chi connectivity index (χ3n) is 2.89. The Balaban J connectivity index is 2.05. The van der Waals surface area contributed by atoms with E-state index in [1.165, 1.54) is 29.3 Å². The first-order valence-electron chi connectivity index (χ1n) is 5.43. The van der Waals surface area contributed by atoms with E-state index >= 15 is 0 Å². The molecule has 1 aliphatic rings. The van der Waals surface area contributed by atoms with E-state index in [2.05, 4.69) is 27.3 Å². The molecule has 1 nitrogen and oxygen atoms in total. The molecule has 0 aromatic heterocycles. The number of rotatable bonds is 2. The molecule has 1 aliphatic heterocycles. The second-order valence-electron chi connectivity index (χ2n) is 4.09. The van der Waals surface area contributed by atoms with Crippen molar-refractivity contribution in [2.75, 3.05) is 6.54 Å². The standard InChI is InChI=1S/C12H15BrClN/c13-12-5-4-10(14)7-9(12)8-11-3-1-2-6-15-11/h4-5,7,11,15H,1-3,6,8H2. The monoisotopic (exact) mass is 287 g/mol.